The minimum absolute atomic E-state index is 0.0819. The summed E-state index contributed by atoms with van der Waals surface area (Å²) in [6.07, 6.45) is 0. The van der Waals surface area contributed by atoms with Gasteiger partial charge < -0.3 is 4.90 Å². The Labute approximate surface area is 91.5 Å². The Hall–Kier alpha value is -0.550. The summed E-state index contributed by atoms with van der Waals surface area (Å²) < 4.78 is 0. The number of carbonyl (C=O) groups is 1. The van der Waals surface area contributed by atoms with E-state index in [-0.39, 0.29) is 5.91 Å². The highest BCUT2D eigenvalue weighted by atomic mass is 32.2. The Morgan fingerprint density at radius 1 is 1.71 bits per heavy atom. The molecule has 2 heterocycles. The second-order valence-electron chi connectivity index (χ2n) is 3.31. The number of carbonyl (C=O) groups excluding carboxylic acids is 1. The highest BCUT2D eigenvalue weighted by Crippen LogP contribution is 2.19. The van der Waals surface area contributed by atoms with Gasteiger partial charge in [-0.2, -0.15) is 11.8 Å². The molecule has 14 heavy (non-hydrogen) atoms. The van der Waals surface area contributed by atoms with E-state index >= 15 is 0 Å². The molecule has 0 aliphatic carbocycles. The number of thiazole rings is 1. The molecule has 1 atom stereocenters. The van der Waals surface area contributed by atoms with E-state index in [1.165, 1.54) is 11.3 Å². The van der Waals surface area contributed by atoms with E-state index in [1.807, 2.05) is 22.0 Å². The van der Waals surface area contributed by atoms with Crippen molar-refractivity contribution in [2.75, 3.05) is 18.8 Å². The van der Waals surface area contributed by atoms with Crippen molar-refractivity contribution < 1.29 is 4.79 Å². The zero-order valence-electron chi connectivity index (χ0n) is 7.97. The average Bonchev–Trinajstić information content (AvgIpc) is 2.69. The van der Waals surface area contributed by atoms with E-state index in [2.05, 4.69) is 11.9 Å². The lowest BCUT2D eigenvalue weighted by Crippen LogP contribution is -2.41. The first-order chi connectivity index (χ1) is 6.77. The smallest absolute Gasteiger partial charge is 0.273 e. The lowest BCUT2D eigenvalue weighted by Gasteiger charge is -2.29. The summed E-state index contributed by atoms with van der Waals surface area (Å²) >= 11 is 3.39. The van der Waals surface area contributed by atoms with Crippen LogP contribution in [0, 0.1) is 0 Å². The second-order valence-corrected chi connectivity index (χ2v) is 5.57. The Morgan fingerprint density at radius 2 is 2.57 bits per heavy atom. The van der Waals surface area contributed by atoms with Crippen LogP contribution in [-0.4, -0.2) is 39.9 Å². The van der Waals surface area contributed by atoms with Crippen LogP contribution in [0.15, 0.2) is 10.9 Å². The van der Waals surface area contributed by atoms with Gasteiger partial charge in [0.25, 0.3) is 5.91 Å². The van der Waals surface area contributed by atoms with Gasteiger partial charge in [0.1, 0.15) is 5.69 Å². The molecule has 1 fully saturated rings. The molecule has 5 heteroatoms. The third-order valence-electron chi connectivity index (χ3n) is 2.18. The molecule has 1 saturated heterocycles. The molecule has 1 aromatic rings. The molecule has 0 radical (unpaired) electrons. The summed E-state index contributed by atoms with van der Waals surface area (Å²) in [5.74, 6) is 1.12. The van der Waals surface area contributed by atoms with Gasteiger partial charge in [-0.25, -0.2) is 4.98 Å². The fraction of sp³-hybridized carbons (Fsp3) is 0.556. The number of thioether (sulfide) groups is 1. The van der Waals surface area contributed by atoms with Crippen LogP contribution in [0.2, 0.25) is 0 Å². The van der Waals surface area contributed by atoms with Crippen LogP contribution >= 0.6 is 23.1 Å². The summed E-state index contributed by atoms with van der Waals surface area (Å²) in [7, 11) is 0. The first-order valence-corrected chi connectivity index (χ1v) is 6.55. The van der Waals surface area contributed by atoms with Crippen LogP contribution in [-0.2, 0) is 0 Å². The Morgan fingerprint density at radius 3 is 3.21 bits per heavy atom. The summed E-state index contributed by atoms with van der Waals surface area (Å²) in [6.45, 7) is 3.86. The molecular weight excluding hydrogens is 216 g/mol. The number of hydrogen-bond donors (Lipinski definition) is 0. The van der Waals surface area contributed by atoms with Crippen LogP contribution in [0.3, 0.4) is 0 Å². The number of amides is 1. The maximum Gasteiger partial charge on any atom is 0.273 e. The molecule has 1 amide bonds. The number of hydrogen-bond acceptors (Lipinski definition) is 4. The van der Waals surface area contributed by atoms with Crippen molar-refractivity contribution in [2.45, 2.75) is 12.2 Å². The number of aromatic nitrogens is 1. The summed E-state index contributed by atoms with van der Waals surface area (Å²) in [5.41, 5.74) is 2.30. The molecule has 0 aromatic carbocycles. The van der Waals surface area contributed by atoms with E-state index in [4.69, 9.17) is 0 Å². The van der Waals surface area contributed by atoms with Gasteiger partial charge in [-0.15, -0.1) is 11.3 Å². The zero-order valence-corrected chi connectivity index (χ0v) is 9.61. The van der Waals surface area contributed by atoms with Gasteiger partial charge >= 0.3 is 0 Å². The summed E-state index contributed by atoms with van der Waals surface area (Å²) in [5, 5.41) is 2.36. The fourth-order valence-electron chi connectivity index (χ4n) is 1.48. The van der Waals surface area contributed by atoms with Gasteiger partial charge in [-0.3, -0.25) is 4.79 Å². The first kappa shape index (κ1) is 9.98. The van der Waals surface area contributed by atoms with E-state index in [9.17, 15) is 4.79 Å². The van der Waals surface area contributed by atoms with Crippen molar-refractivity contribution in [1.82, 2.24) is 9.88 Å². The lowest BCUT2D eigenvalue weighted by atomic mass is 10.3. The van der Waals surface area contributed by atoms with Crippen LogP contribution in [0.5, 0.6) is 0 Å². The Balaban J connectivity index is 2.04. The average molecular weight is 228 g/mol. The molecule has 0 N–H and O–H groups in total. The lowest BCUT2D eigenvalue weighted by molar-refractivity contribution is 0.0758. The monoisotopic (exact) mass is 228 g/mol. The largest absolute Gasteiger partial charge is 0.335 e. The molecule has 1 unspecified atom stereocenters. The minimum Gasteiger partial charge on any atom is -0.335 e. The zero-order chi connectivity index (χ0) is 9.97. The van der Waals surface area contributed by atoms with Crippen molar-refractivity contribution in [1.29, 1.82) is 0 Å². The third-order valence-corrected chi connectivity index (χ3v) is 3.90. The Bertz CT molecular complexity index is 313. The summed E-state index contributed by atoms with van der Waals surface area (Å²) in [4.78, 5) is 17.8. The van der Waals surface area contributed by atoms with Gasteiger partial charge in [0.05, 0.1) is 5.51 Å². The second kappa shape index (κ2) is 4.31. The summed E-state index contributed by atoms with van der Waals surface area (Å²) in [6, 6.07) is 0. The van der Waals surface area contributed by atoms with Gasteiger partial charge in [0.2, 0.25) is 0 Å². The van der Waals surface area contributed by atoms with Crippen LogP contribution in [0.4, 0.5) is 0 Å². The van der Waals surface area contributed by atoms with Gasteiger partial charge in [0, 0.05) is 29.5 Å². The topological polar surface area (TPSA) is 33.2 Å². The van der Waals surface area contributed by atoms with Crippen molar-refractivity contribution in [2.24, 2.45) is 0 Å². The molecule has 0 saturated carbocycles. The predicted octanol–water partition coefficient (Wildman–Crippen LogP) is 1.72. The molecule has 76 valence electrons. The molecule has 0 bridgehead atoms. The van der Waals surface area contributed by atoms with E-state index in [0.717, 1.165) is 18.8 Å². The van der Waals surface area contributed by atoms with Crippen molar-refractivity contribution >= 4 is 29.0 Å². The highest BCUT2D eigenvalue weighted by molar-refractivity contribution is 7.99. The molecule has 0 spiro atoms. The molecular formula is C9H12N2OS2. The standard InChI is InChI=1S/C9H12N2OS2/c1-7-4-11(2-3-14-7)9(12)8-5-13-6-10-8/h5-7H,2-4H2,1H3. The SMILES string of the molecule is CC1CN(C(=O)c2cscn2)CCS1. The van der Waals surface area contributed by atoms with Crippen molar-refractivity contribution in [3.63, 3.8) is 0 Å². The van der Waals surface area contributed by atoms with Gasteiger partial charge in [-0.1, -0.05) is 6.92 Å². The van der Waals surface area contributed by atoms with E-state index in [1.54, 1.807) is 5.51 Å². The Kier molecular flexibility index (Phi) is 3.08. The quantitative estimate of drug-likeness (QED) is 0.734. The maximum absolute atomic E-state index is 11.9. The minimum atomic E-state index is 0.0819. The molecule has 1 aliphatic rings. The normalized spacial score (nSPS) is 22.4. The first-order valence-electron chi connectivity index (χ1n) is 4.56. The van der Waals surface area contributed by atoms with Crippen molar-refractivity contribution in [3.8, 4) is 0 Å². The third kappa shape index (κ3) is 2.09. The molecule has 1 aromatic heterocycles. The molecule has 1 aliphatic heterocycles. The molecule has 3 nitrogen and oxygen atoms in total. The van der Waals surface area contributed by atoms with E-state index < -0.39 is 0 Å². The van der Waals surface area contributed by atoms with Gasteiger partial charge in [-0.05, 0) is 0 Å². The maximum atomic E-state index is 11.9. The van der Waals surface area contributed by atoms with Crippen LogP contribution < -0.4 is 0 Å². The predicted molar refractivity (Wildman–Crippen MR) is 59.9 cm³/mol. The number of rotatable bonds is 1. The number of nitrogens with zero attached hydrogens (tertiary/aromatic N) is 2. The van der Waals surface area contributed by atoms with E-state index in [0.29, 0.717) is 10.9 Å². The highest BCUT2D eigenvalue weighted by Gasteiger charge is 2.23. The van der Waals surface area contributed by atoms with Crippen LogP contribution in [0.1, 0.15) is 17.4 Å². The van der Waals surface area contributed by atoms with Gasteiger partial charge in [0.15, 0.2) is 0 Å². The van der Waals surface area contributed by atoms with Crippen LogP contribution in [0.25, 0.3) is 0 Å². The van der Waals surface area contributed by atoms with Crippen molar-refractivity contribution in [3.05, 3.63) is 16.6 Å². The fourth-order valence-corrected chi connectivity index (χ4v) is 3.02. The molecule has 2 rings (SSSR count).